The normalized spacial score (nSPS) is 15.8. The average molecular weight is 409 g/mol. The van der Waals surface area contributed by atoms with Gasteiger partial charge in [0, 0.05) is 12.2 Å². The van der Waals surface area contributed by atoms with Gasteiger partial charge in [-0.1, -0.05) is 36.4 Å². The molecular formula is C23H27N3O4. The van der Waals surface area contributed by atoms with Crippen molar-refractivity contribution < 1.29 is 19.1 Å². The summed E-state index contributed by atoms with van der Waals surface area (Å²) in [6, 6.07) is 13.0. The number of hydrogen-bond donors (Lipinski definition) is 2. The van der Waals surface area contributed by atoms with Crippen molar-refractivity contribution in [2.24, 2.45) is 0 Å². The maximum Gasteiger partial charge on any atom is 0.323 e. The minimum Gasteiger partial charge on any atom is -0.468 e. The molecule has 2 N–H and O–H groups in total. The number of rotatable bonds is 6. The van der Waals surface area contributed by atoms with Crippen LogP contribution in [-0.4, -0.2) is 48.9 Å². The van der Waals surface area contributed by atoms with Gasteiger partial charge in [-0.15, -0.1) is 0 Å². The predicted molar refractivity (Wildman–Crippen MR) is 114 cm³/mol. The van der Waals surface area contributed by atoms with Gasteiger partial charge in [-0.25, -0.2) is 0 Å². The Morgan fingerprint density at radius 1 is 1.03 bits per heavy atom. The maximum atomic E-state index is 12.5. The highest BCUT2D eigenvalue weighted by Crippen LogP contribution is 2.23. The van der Waals surface area contributed by atoms with E-state index in [1.54, 1.807) is 4.90 Å². The van der Waals surface area contributed by atoms with Gasteiger partial charge in [0.25, 0.3) is 0 Å². The molecule has 2 aromatic rings. The topological polar surface area (TPSA) is 87.7 Å². The highest BCUT2D eigenvalue weighted by atomic mass is 16.5. The zero-order valence-electron chi connectivity index (χ0n) is 17.5. The van der Waals surface area contributed by atoms with Crippen molar-refractivity contribution in [3.05, 3.63) is 64.7 Å². The molecule has 0 bridgehead atoms. The van der Waals surface area contributed by atoms with E-state index in [0.29, 0.717) is 13.0 Å². The summed E-state index contributed by atoms with van der Waals surface area (Å²) >= 11 is 0. The monoisotopic (exact) mass is 409 g/mol. The number of carbonyl (C=O) groups is 3. The fourth-order valence-electron chi connectivity index (χ4n) is 3.61. The fourth-order valence-corrected chi connectivity index (χ4v) is 3.61. The average Bonchev–Trinajstić information content (AvgIpc) is 2.74. The molecule has 0 aliphatic carbocycles. The molecular weight excluding hydrogens is 382 g/mol. The molecule has 0 saturated carbocycles. The number of anilines is 1. The number of ether oxygens (including phenoxy) is 1. The summed E-state index contributed by atoms with van der Waals surface area (Å²) in [6.07, 6.45) is 0.489. The van der Waals surface area contributed by atoms with Crippen LogP contribution in [0.5, 0.6) is 0 Å². The van der Waals surface area contributed by atoms with Gasteiger partial charge in [0.2, 0.25) is 11.8 Å². The molecule has 0 unspecified atom stereocenters. The molecule has 3 rings (SSSR count). The molecule has 0 saturated heterocycles. The van der Waals surface area contributed by atoms with Crippen molar-refractivity contribution in [2.75, 3.05) is 25.5 Å². The number of hydrogen-bond acceptors (Lipinski definition) is 5. The number of fused-ring (bicyclic) bond motifs is 1. The predicted octanol–water partition coefficient (Wildman–Crippen LogP) is 1.96. The minimum absolute atomic E-state index is 0.00482. The number of amides is 2. The second-order valence-corrected chi connectivity index (χ2v) is 7.49. The minimum atomic E-state index is -0.528. The van der Waals surface area contributed by atoms with Crippen molar-refractivity contribution in [3.63, 3.8) is 0 Å². The lowest BCUT2D eigenvalue weighted by atomic mass is 9.94. The molecule has 0 fully saturated rings. The van der Waals surface area contributed by atoms with E-state index >= 15 is 0 Å². The summed E-state index contributed by atoms with van der Waals surface area (Å²) in [6.45, 7) is 4.24. The van der Waals surface area contributed by atoms with Gasteiger partial charge in [0.05, 0.1) is 20.2 Å². The summed E-state index contributed by atoms with van der Waals surface area (Å²) < 4.78 is 4.93. The highest BCUT2D eigenvalue weighted by Gasteiger charge is 2.33. The van der Waals surface area contributed by atoms with Crippen LogP contribution in [0, 0.1) is 13.8 Å². The van der Waals surface area contributed by atoms with Crippen molar-refractivity contribution in [2.45, 2.75) is 32.9 Å². The first-order valence-electron chi connectivity index (χ1n) is 9.90. The molecule has 1 heterocycles. The van der Waals surface area contributed by atoms with Crippen LogP contribution >= 0.6 is 0 Å². The number of methoxy groups -OCH3 is 1. The van der Waals surface area contributed by atoms with Crippen LogP contribution in [0.2, 0.25) is 0 Å². The summed E-state index contributed by atoms with van der Waals surface area (Å²) in [5, 5.41) is 5.46. The lowest BCUT2D eigenvalue weighted by Crippen LogP contribution is -2.50. The van der Waals surface area contributed by atoms with Crippen molar-refractivity contribution in [1.82, 2.24) is 10.2 Å². The summed E-state index contributed by atoms with van der Waals surface area (Å²) in [5.74, 6) is -0.991. The Labute approximate surface area is 176 Å². The summed E-state index contributed by atoms with van der Waals surface area (Å²) in [4.78, 5) is 38.7. The third-order valence-electron chi connectivity index (χ3n) is 5.49. The third-order valence-corrected chi connectivity index (χ3v) is 5.49. The lowest BCUT2D eigenvalue weighted by molar-refractivity contribution is -0.148. The van der Waals surface area contributed by atoms with Crippen LogP contribution < -0.4 is 10.6 Å². The van der Waals surface area contributed by atoms with E-state index in [9.17, 15) is 14.4 Å². The van der Waals surface area contributed by atoms with E-state index in [-0.39, 0.29) is 30.9 Å². The Balaban J connectivity index is 1.58. The van der Waals surface area contributed by atoms with E-state index in [4.69, 9.17) is 4.74 Å². The number of esters is 1. The molecule has 1 aliphatic rings. The van der Waals surface area contributed by atoms with Gasteiger partial charge in [-0.2, -0.15) is 0 Å². The first kappa shape index (κ1) is 21.5. The Morgan fingerprint density at radius 3 is 2.50 bits per heavy atom. The van der Waals surface area contributed by atoms with Crippen LogP contribution in [-0.2, 0) is 32.1 Å². The largest absolute Gasteiger partial charge is 0.468 e. The second-order valence-electron chi connectivity index (χ2n) is 7.49. The zero-order chi connectivity index (χ0) is 21.7. The summed E-state index contributed by atoms with van der Waals surface area (Å²) in [5.41, 5.74) is 4.96. The number of nitrogens with zero attached hydrogens (tertiary/aromatic N) is 1. The van der Waals surface area contributed by atoms with E-state index < -0.39 is 6.04 Å². The first-order chi connectivity index (χ1) is 14.4. The van der Waals surface area contributed by atoms with E-state index in [1.165, 1.54) is 7.11 Å². The smallest absolute Gasteiger partial charge is 0.323 e. The third kappa shape index (κ3) is 5.04. The van der Waals surface area contributed by atoms with Crippen LogP contribution in [0.1, 0.15) is 22.3 Å². The van der Waals surface area contributed by atoms with Crippen LogP contribution in [0.15, 0.2) is 42.5 Å². The molecule has 1 atom stereocenters. The number of nitrogens with one attached hydrogen (secondary N) is 2. The number of benzene rings is 2. The highest BCUT2D eigenvalue weighted by molar-refractivity contribution is 5.95. The standard InChI is InChI=1S/C23H27N3O4/c1-15-7-6-10-19(16(15)2)25-21(27)12-24-22(28)14-26-13-18-9-5-4-8-17(18)11-20(26)23(29)30-3/h4-10,20H,11-14H2,1-3H3,(H,24,28)(H,25,27)/t20-/m0/s1. The Bertz CT molecular complexity index is 957. The molecule has 30 heavy (non-hydrogen) atoms. The van der Waals surface area contributed by atoms with Crippen molar-refractivity contribution >= 4 is 23.5 Å². The van der Waals surface area contributed by atoms with Crippen LogP contribution in [0.4, 0.5) is 5.69 Å². The molecule has 0 aromatic heterocycles. The Hall–Kier alpha value is -3.19. The van der Waals surface area contributed by atoms with Crippen LogP contribution in [0.3, 0.4) is 0 Å². The van der Waals surface area contributed by atoms with Gasteiger partial charge in [0.15, 0.2) is 0 Å². The molecule has 0 spiro atoms. The van der Waals surface area contributed by atoms with Crippen LogP contribution in [0.25, 0.3) is 0 Å². The van der Waals surface area contributed by atoms with E-state index in [0.717, 1.165) is 27.9 Å². The van der Waals surface area contributed by atoms with Gasteiger partial charge < -0.3 is 15.4 Å². The van der Waals surface area contributed by atoms with E-state index in [2.05, 4.69) is 10.6 Å². The van der Waals surface area contributed by atoms with Crippen molar-refractivity contribution in [1.29, 1.82) is 0 Å². The molecule has 2 aromatic carbocycles. The Morgan fingerprint density at radius 2 is 1.77 bits per heavy atom. The van der Waals surface area contributed by atoms with E-state index in [1.807, 2.05) is 56.3 Å². The maximum absolute atomic E-state index is 12.5. The zero-order valence-corrected chi connectivity index (χ0v) is 17.5. The SMILES string of the molecule is COC(=O)[C@@H]1Cc2ccccc2CN1CC(=O)NCC(=O)Nc1cccc(C)c1C. The first-order valence-corrected chi connectivity index (χ1v) is 9.90. The number of aryl methyl sites for hydroxylation is 1. The quantitative estimate of drug-likeness (QED) is 0.712. The molecule has 158 valence electrons. The van der Waals surface area contributed by atoms with Gasteiger partial charge in [0.1, 0.15) is 6.04 Å². The lowest BCUT2D eigenvalue weighted by Gasteiger charge is -2.34. The van der Waals surface area contributed by atoms with Crippen molar-refractivity contribution in [3.8, 4) is 0 Å². The number of carbonyl (C=O) groups excluding carboxylic acids is 3. The van der Waals surface area contributed by atoms with Gasteiger partial charge in [-0.05, 0) is 48.6 Å². The molecule has 0 radical (unpaired) electrons. The van der Waals surface area contributed by atoms with Gasteiger partial charge in [-0.3, -0.25) is 19.3 Å². The fraction of sp³-hybridized carbons (Fsp3) is 0.348. The Kier molecular flexibility index (Phi) is 6.84. The molecule has 7 nitrogen and oxygen atoms in total. The second kappa shape index (κ2) is 9.54. The summed E-state index contributed by atoms with van der Waals surface area (Å²) in [7, 11) is 1.35. The molecule has 1 aliphatic heterocycles. The molecule has 7 heteroatoms. The van der Waals surface area contributed by atoms with Gasteiger partial charge >= 0.3 is 5.97 Å². The molecule has 2 amide bonds.